The van der Waals surface area contributed by atoms with Crippen LogP contribution in [0.3, 0.4) is 0 Å². The van der Waals surface area contributed by atoms with Crippen LogP contribution in [-0.4, -0.2) is 111 Å². The Morgan fingerprint density at radius 3 is 1.41 bits per heavy atom. The molecule has 19 nitrogen and oxygen atoms in total. The topological polar surface area (TPSA) is 233 Å². The molecule has 0 spiro atoms. The zero-order valence-corrected chi connectivity index (χ0v) is 41.9. The number of aryl methyl sites for hydroxylation is 2. The third kappa shape index (κ3) is 12.8. The molecule has 0 aliphatic carbocycles. The van der Waals surface area contributed by atoms with Crippen LogP contribution in [0.5, 0.6) is 0 Å². The van der Waals surface area contributed by atoms with Gasteiger partial charge in [-0.2, -0.15) is 79.7 Å². The fourth-order valence-electron chi connectivity index (χ4n) is 6.60. The standard InChI is InChI=1S/C19H15F7N6O3S2.C11H12F4N4O2S.C8H5F3N2O2S.ClH/c1-10-8-31-14(15(18(21,22)23)29-17(31)36-10)16(33)27-7-11-2-3-13(12(20)6-11)32-5-4-30(9-28-32)37(34,35)19(24,25)26;12-9-5-8(6-16)1-2-10(9)19-4-3-18(7-17-19)22(20,21)11(13,14)15;1-3-2-13-4(6(14)15)5(8(9,10)11)12-7(13)16-3;/h2-3,6,8-9H,4-5,7H2,1H3,(H,27,33);1-2,5,7H,3-4,6,16H2;2H,1H3,(H,14,15);1H. The molecule has 6 heterocycles. The number of fused-ring (bicyclic) bond motifs is 2. The Hall–Kier alpha value is -6.57. The predicted molar refractivity (Wildman–Crippen MR) is 247 cm³/mol. The first-order valence-electron chi connectivity index (χ1n) is 20.3. The molecule has 0 saturated carbocycles. The number of carboxylic acids is 1. The van der Waals surface area contributed by atoms with Crippen LogP contribution < -0.4 is 21.1 Å². The number of halogens is 15. The van der Waals surface area contributed by atoms with Gasteiger partial charge in [0.25, 0.3) is 5.91 Å². The minimum Gasteiger partial charge on any atom is -0.476 e. The van der Waals surface area contributed by atoms with Crippen molar-refractivity contribution in [1.29, 1.82) is 0 Å². The molecule has 0 saturated heterocycles. The second kappa shape index (κ2) is 22.2. The van der Waals surface area contributed by atoms with E-state index in [4.69, 9.17) is 10.8 Å². The molecule has 0 fully saturated rings. The van der Waals surface area contributed by atoms with E-state index in [2.05, 4.69) is 25.5 Å². The van der Waals surface area contributed by atoms with Crippen molar-refractivity contribution in [3.63, 3.8) is 0 Å². The van der Waals surface area contributed by atoms with Gasteiger partial charge in [0.2, 0.25) is 0 Å². The third-order valence-electron chi connectivity index (χ3n) is 10.0. The summed E-state index contributed by atoms with van der Waals surface area (Å²) in [6, 6.07) is 7.56. The summed E-state index contributed by atoms with van der Waals surface area (Å²) in [5.74, 6) is -4.29. The first-order valence-corrected chi connectivity index (χ1v) is 24.8. The van der Waals surface area contributed by atoms with Crippen molar-refractivity contribution in [2.45, 2.75) is 50.3 Å². The highest BCUT2D eigenvalue weighted by Crippen LogP contribution is 2.36. The number of nitrogens with zero attached hydrogens (tertiary/aromatic N) is 10. The SMILES string of the molecule is Cc1cn2c(C(=O)NCc3ccc(N4CCN(S(=O)(=O)C(F)(F)F)C=N4)c(F)c3)c(C(F)(F)F)nc2s1.Cc1cn2c(C(=O)O)c(C(F)(F)F)nc2s1.Cl.NCc1ccc(N2CCN(S(=O)(=O)C(F)(F)F)C=N2)c(F)c1. The van der Waals surface area contributed by atoms with Gasteiger partial charge in [0.15, 0.2) is 27.0 Å². The number of sulfonamides is 2. The fourth-order valence-corrected chi connectivity index (χ4v) is 9.76. The van der Waals surface area contributed by atoms with Gasteiger partial charge in [-0.1, -0.05) is 12.1 Å². The van der Waals surface area contributed by atoms with Crippen LogP contribution in [0.15, 0.2) is 59.0 Å². The van der Waals surface area contributed by atoms with Crippen molar-refractivity contribution >= 4 is 101 Å². The number of alkyl halides is 12. The Morgan fingerprint density at radius 2 is 1.05 bits per heavy atom. The number of aromatic nitrogens is 4. The lowest BCUT2D eigenvalue weighted by atomic mass is 10.2. The number of anilines is 2. The molecule has 8 rings (SSSR count). The molecular formula is C38H33ClF14N12O7S4. The zero-order chi connectivity index (χ0) is 56.0. The molecule has 0 radical (unpaired) electrons. The van der Waals surface area contributed by atoms with Crippen LogP contribution in [0.25, 0.3) is 9.92 Å². The van der Waals surface area contributed by atoms with Gasteiger partial charge in [-0.3, -0.25) is 23.6 Å². The van der Waals surface area contributed by atoms with Crippen molar-refractivity contribution in [2.75, 3.05) is 36.2 Å². The van der Waals surface area contributed by atoms with E-state index in [-0.39, 0.29) is 67.5 Å². The minimum atomic E-state index is -5.63. The van der Waals surface area contributed by atoms with Crippen LogP contribution >= 0.6 is 35.1 Å². The number of imidazole rings is 2. The van der Waals surface area contributed by atoms with Crippen molar-refractivity contribution < 1.29 is 93.0 Å². The largest absolute Gasteiger partial charge is 0.516 e. The van der Waals surface area contributed by atoms with Gasteiger partial charge in [-0.15, -0.1) is 35.1 Å². The van der Waals surface area contributed by atoms with Gasteiger partial charge in [0, 0.05) is 35.2 Å². The molecule has 6 aromatic rings. The maximum atomic E-state index is 14.7. The van der Waals surface area contributed by atoms with E-state index in [1.165, 1.54) is 36.7 Å². The maximum absolute atomic E-state index is 14.7. The van der Waals surface area contributed by atoms with Crippen molar-refractivity contribution in [3.05, 3.63) is 104 Å². The number of hydrazone groups is 2. The molecular weight excluding hydrogens is 1170 g/mol. The highest BCUT2D eigenvalue weighted by Gasteiger charge is 2.51. The number of nitrogens with one attached hydrogen (secondary N) is 1. The molecule has 0 bridgehead atoms. The Bertz CT molecular complexity index is 3430. The van der Waals surface area contributed by atoms with Gasteiger partial charge in [0.05, 0.1) is 37.6 Å². The van der Waals surface area contributed by atoms with Crippen molar-refractivity contribution in [2.24, 2.45) is 15.9 Å². The smallest absolute Gasteiger partial charge is 0.476 e. The van der Waals surface area contributed by atoms with Crippen molar-refractivity contribution in [3.8, 4) is 0 Å². The first kappa shape index (κ1) is 60.3. The second-order valence-corrected chi connectivity index (χ2v) is 21.4. The molecule has 416 valence electrons. The van der Waals surface area contributed by atoms with E-state index in [0.717, 1.165) is 47.6 Å². The van der Waals surface area contributed by atoms with E-state index in [9.17, 15) is 87.9 Å². The number of thiazole rings is 2. The molecule has 1 amide bonds. The number of benzene rings is 2. The van der Waals surface area contributed by atoms with Gasteiger partial charge in [0.1, 0.15) is 30.0 Å². The summed E-state index contributed by atoms with van der Waals surface area (Å²) in [7, 11) is -11.1. The summed E-state index contributed by atoms with van der Waals surface area (Å²) in [4.78, 5) is 31.6. The monoisotopic (exact) mass is 1200 g/mol. The summed E-state index contributed by atoms with van der Waals surface area (Å²) in [5.41, 5.74) is -9.30. The lowest BCUT2D eigenvalue weighted by Gasteiger charge is -2.29. The summed E-state index contributed by atoms with van der Waals surface area (Å²) in [6.07, 6.45) is -6.05. The van der Waals surface area contributed by atoms with Crippen LogP contribution in [0.4, 0.5) is 72.8 Å². The Balaban J connectivity index is 0.000000231. The Kier molecular flexibility index (Phi) is 17.6. The molecule has 0 atom stereocenters. The molecule has 76 heavy (non-hydrogen) atoms. The van der Waals surface area contributed by atoms with E-state index in [1.807, 2.05) is 0 Å². The number of amides is 1. The highest BCUT2D eigenvalue weighted by molar-refractivity contribution is 7.90. The van der Waals surface area contributed by atoms with Crippen LogP contribution in [-0.2, 0) is 45.5 Å². The number of aromatic carboxylic acids is 1. The third-order valence-corrected chi connectivity index (χ3v) is 14.8. The average Bonchev–Trinajstić information content (AvgIpc) is 4.06. The quantitative estimate of drug-likeness (QED) is 0.118. The Morgan fingerprint density at radius 1 is 0.658 bits per heavy atom. The molecule has 2 aromatic carbocycles. The molecule has 38 heteroatoms. The van der Waals surface area contributed by atoms with E-state index in [0.29, 0.717) is 28.0 Å². The number of carboxylic acid groups (broad SMARTS) is 1. The number of hydrogen-bond donors (Lipinski definition) is 3. The minimum absolute atomic E-state index is 0. The fraction of sp³-hybridized carbons (Fsp3) is 0.316. The maximum Gasteiger partial charge on any atom is 0.516 e. The number of rotatable bonds is 9. The highest BCUT2D eigenvalue weighted by atomic mass is 35.5. The molecule has 4 aromatic heterocycles. The van der Waals surface area contributed by atoms with E-state index < -0.39 is 109 Å². The predicted octanol–water partition coefficient (Wildman–Crippen LogP) is 7.75. The normalized spacial score (nSPS) is 14.6. The molecule has 2 aliphatic rings. The summed E-state index contributed by atoms with van der Waals surface area (Å²) >= 11 is 1.98. The summed E-state index contributed by atoms with van der Waals surface area (Å²) in [5, 5.41) is 20.2. The summed E-state index contributed by atoms with van der Waals surface area (Å²) in [6.45, 7) is 1.33. The van der Waals surface area contributed by atoms with E-state index in [1.54, 1.807) is 19.9 Å². The number of hydrogen-bond acceptors (Lipinski definition) is 15. The number of nitrogens with two attached hydrogens (primary N) is 1. The Labute approximate surface area is 431 Å². The van der Waals surface area contributed by atoms with Crippen LogP contribution in [0, 0.1) is 25.5 Å². The number of carbonyl (C=O) groups is 2. The molecule has 4 N–H and O–H groups in total. The lowest BCUT2D eigenvalue weighted by molar-refractivity contribution is -0.142. The van der Waals surface area contributed by atoms with Crippen LogP contribution in [0.2, 0.25) is 0 Å². The zero-order valence-electron chi connectivity index (χ0n) is 37.8. The van der Waals surface area contributed by atoms with Crippen molar-refractivity contribution in [1.82, 2.24) is 32.7 Å². The first-order chi connectivity index (χ1) is 34.6. The molecule has 0 unspecified atom stereocenters. The van der Waals surface area contributed by atoms with Gasteiger partial charge in [-0.25, -0.2) is 32.2 Å². The van der Waals surface area contributed by atoms with Crippen LogP contribution in [0.1, 0.15) is 53.2 Å². The summed E-state index contributed by atoms with van der Waals surface area (Å²) < 4.78 is 229. The number of carbonyl (C=O) groups excluding carboxylic acids is 1. The van der Waals surface area contributed by atoms with E-state index >= 15 is 0 Å². The van der Waals surface area contributed by atoms with Gasteiger partial charge >= 0.3 is 49.4 Å². The second-order valence-electron chi connectivity index (χ2n) is 15.2. The van der Waals surface area contributed by atoms with Gasteiger partial charge in [-0.05, 0) is 49.2 Å². The molecule has 2 aliphatic heterocycles. The lowest BCUT2D eigenvalue weighted by Crippen LogP contribution is -2.46. The van der Waals surface area contributed by atoms with Gasteiger partial charge < -0.3 is 16.2 Å². The average molecular weight is 1200 g/mol.